The smallest absolute Gasteiger partial charge is 0.334 e. The van der Waals surface area contributed by atoms with Gasteiger partial charge in [0.05, 0.1) is 10.5 Å². The van der Waals surface area contributed by atoms with Crippen molar-refractivity contribution in [3.8, 4) is 34.0 Å². The standard InChI is InChI=1S/C23H18F3N3O3S/c1-2-14-12-16(9-11-20(14)33(27,30)31)21-28-22(32-29-21)17-8-10-18(15-6-4-3-5-7-15)19(13-17)23(24,25)26/h3-13H,2H2,1H3,(H2,27,30,31). The van der Waals surface area contributed by atoms with E-state index < -0.39 is 21.8 Å². The molecular weight excluding hydrogens is 455 g/mol. The molecule has 0 spiro atoms. The van der Waals surface area contributed by atoms with Crippen LogP contribution < -0.4 is 5.14 Å². The van der Waals surface area contributed by atoms with Crippen LogP contribution in [0.1, 0.15) is 18.1 Å². The predicted molar refractivity (Wildman–Crippen MR) is 116 cm³/mol. The van der Waals surface area contributed by atoms with Gasteiger partial charge < -0.3 is 4.52 Å². The van der Waals surface area contributed by atoms with Gasteiger partial charge in [-0.1, -0.05) is 48.5 Å². The molecule has 0 radical (unpaired) electrons. The van der Waals surface area contributed by atoms with Crippen molar-refractivity contribution < 1.29 is 26.1 Å². The average molecular weight is 473 g/mol. The fraction of sp³-hybridized carbons (Fsp3) is 0.130. The Morgan fingerprint density at radius 2 is 1.64 bits per heavy atom. The molecule has 4 rings (SSSR count). The van der Waals surface area contributed by atoms with E-state index in [0.29, 0.717) is 23.1 Å². The molecule has 1 aromatic heterocycles. The summed E-state index contributed by atoms with van der Waals surface area (Å²) >= 11 is 0. The van der Waals surface area contributed by atoms with E-state index in [9.17, 15) is 21.6 Å². The summed E-state index contributed by atoms with van der Waals surface area (Å²) in [6, 6.07) is 16.5. The highest BCUT2D eigenvalue weighted by atomic mass is 32.2. The van der Waals surface area contributed by atoms with Gasteiger partial charge in [0.2, 0.25) is 15.8 Å². The molecule has 3 aromatic carbocycles. The lowest BCUT2D eigenvalue weighted by atomic mass is 9.97. The largest absolute Gasteiger partial charge is 0.417 e. The minimum Gasteiger partial charge on any atom is -0.334 e. The van der Waals surface area contributed by atoms with Gasteiger partial charge in [0.1, 0.15) is 0 Å². The van der Waals surface area contributed by atoms with Gasteiger partial charge in [0.25, 0.3) is 5.89 Å². The molecule has 10 heteroatoms. The van der Waals surface area contributed by atoms with Crippen molar-refractivity contribution in [3.63, 3.8) is 0 Å². The molecule has 0 aliphatic rings. The first-order valence-electron chi connectivity index (χ1n) is 9.85. The highest BCUT2D eigenvalue weighted by Crippen LogP contribution is 2.39. The molecular formula is C23H18F3N3O3S. The third-order valence-corrected chi connectivity index (χ3v) is 6.10. The van der Waals surface area contributed by atoms with Crippen molar-refractivity contribution in [3.05, 3.63) is 77.9 Å². The predicted octanol–water partition coefficient (Wildman–Crippen LogP) is 5.30. The van der Waals surface area contributed by atoms with Crippen LogP contribution in [0.25, 0.3) is 34.0 Å². The molecule has 2 N–H and O–H groups in total. The summed E-state index contributed by atoms with van der Waals surface area (Å²) in [5, 5.41) is 9.09. The second-order valence-corrected chi connectivity index (χ2v) is 8.80. The number of rotatable bonds is 5. The molecule has 0 bridgehead atoms. The van der Waals surface area contributed by atoms with Gasteiger partial charge in [0, 0.05) is 11.1 Å². The topological polar surface area (TPSA) is 99.1 Å². The summed E-state index contributed by atoms with van der Waals surface area (Å²) in [5.41, 5.74) is 0.677. The molecule has 0 unspecified atom stereocenters. The molecule has 0 atom stereocenters. The van der Waals surface area contributed by atoms with Gasteiger partial charge >= 0.3 is 6.18 Å². The number of benzene rings is 3. The van der Waals surface area contributed by atoms with Gasteiger partial charge in [-0.05, 0) is 53.4 Å². The quantitative estimate of drug-likeness (QED) is 0.424. The summed E-state index contributed by atoms with van der Waals surface area (Å²) in [6.45, 7) is 1.77. The zero-order chi connectivity index (χ0) is 23.8. The number of alkyl halides is 3. The highest BCUT2D eigenvalue weighted by Gasteiger charge is 2.34. The highest BCUT2D eigenvalue weighted by molar-refractivity contribution is 7.89. The number of nitrogens with zero attached hydrogens (tertiary/aromatic N) is 2. The van der Waals surface area contributed by atoms with Gasteiger partial charge in [-0.15, -0.1) is 0 Å². The number of hydrogen-bond donors (Lipinski definition) is 1. The molecule has 0 fully saturated rings. The Labute approximate surface area is 187 Å². The number of primary sulfonamides is 1. The van der Waals surface area contributed by atoms with E-state index in [2.05, 4.69) is 10.1 Å². The van der Waals surface area contributed by atoms with E-state index in [0.717, 1.165) is 6.07 Å². The Bertz CT molecular complexity index is 1420. The summed E-state index contributed by atoms with van der Waals surface area (Å²) < 4.78 is 70.0. The van der Waals surface area contributed by atoms with Gasteiger partial charge in [-0.2, -0.15) is 18.2 Å². The van der Waals surface area contributed by atoms with Crippen LogP contribution in [0.3, 0.4) is 0 Å². The number of hydrogen-bond acceptors (Lipinski definition) is 5. The molecule has 1 heterocycles. The second-order valence-electron chi connectivity index (χ2n) is 7.27. The number of halogens is 3. The maximum absolute atomic E-state index is 13.8. The number of sulfonamides is 1. The van der Waals surface area contributed by atoms with E-state index in [1.54, 1.807) is 43.3 Å². The molecule has 0 saturated heterocycles. The zero-order valence-electron chi connectivity index (χ0n) is 17.3. The maximum Gasteiger partial charge on any atom is 0.417 e. The van der Waals surface area contributed by atoms with Gasteiger partial charge in [-0.25, -0.2) is 13.6 Å². The fourth-order valence-corrected chi connectivity index (χ4v) is 4.34. The lowest BCUT2D eigenvalue weighted by Crippen LogP contribution is -2.14. The summed E-state index contributed by atoms with van der Waals surface area (Å²) in [6.07, 6.45) is -4.20. The van der Waals surface area contributed by atoms with E-state index >= 15 is 0 Å². The molecule has 170 valence electrons. The average Bonchev–Trinajstić information content (AvgIpc) is 3.28. The van der Waals surface area contributed by atoms with Crippen LogP contribution in [0, 0.1) is 0 Å². The summed E-state index contributed by atoms with van der Waals surface area (Å²) in [4.78, 5) is 4.21. The van der Waals surface area contributed by atoms with Crippen LogP contribution >= 0.6 is 0 Å². The van der Waals surface area contributed by atoms with Gasteiger partial charge in [0.15, 0.2) is 0 Å². The molecule has 0 aliphatic heterocycles. The van der Waals surface area contributed by atoms with E-state index in [1.165, 1.54) is 24.3 Å². The third kappa shape index (κ3) is 4.67. The number of aromatic nitrogens is 2. The SMILES string of the molecule is CCc1cc(-c2noc(-c3ccc(-c4ccccc4)c(C(F)(F)F)c3)n2)ccc1S(N)(=O)=O. The zero-order valence-corrected chi connectivity index (χ0v) is 18.1. The fourth-order valence-electron chi connectivity index (χ4n) is 3.51. The molecule has 6 nitrogen and oxygen atoms in total. The Morgan fingerprint density at radius 3 is 2.27 bits per heavy atom. The second kappa shape index (κ2) is 8.45. The van der Waals surface area contributed by atoms with E-state index in [4.69, 9.17) is 9.66 Å². The number of nitrogens with two attached hydrogens (primary N) is 1. The van der Waals surface area contributed by atoms with Crippen LogP contribution in [0.5, 0.6) is 0 Å². The van der Waals surface area contributed by atoms with Crippen molar-refractivity contribution in [1.82, 2.24) is 10.1 Å². The van der Waals surface area contributed by atoms with Gasteiger partial charge in [-0.3, -0.25) is 0 Å². The first kappa shape index (κ1) is 22.7. The molecule has 0 amide bonds. The van der Waals surface area contributed by atoms with Crippen molar-refractivity contribution >= 4 is 10.0 Å². The summed E-state index contributed by atoms with van der Waals surface area (Å²) in [7, 11) is -3.90. The Morgan fingerprint density at radius 1 is 0.939 bits per heavy atom. The van der Waals surface area contributed by atoms with Crippen LogP contribution in [0.15, 0.2) is 76.1 Å². The van der Waals surface area contributed by atoms with Crippen LogP contribution in [0.2, 0.25) is 0 Å². The minimum absolute atomic E-state index is 0.0104. The Balaban J connectivity index is 1.75. The lowest BCUT2D eigenvalue weighted by Gasteiger charge is -2.14. The summed E-state index contributed by atoms with van der Waals surface area (Å²) in [5.74, 6) is 0.0186. The van der Waals surface area contributed by atoms with Crippen LogP contribution in [0.4, 0.5) is 13.2 Å². The van der Waals surface area contributed by atoms with Crippen molar-refractivity contribution in [2.24, 2.45) is 5.14 Å². The van der Waals surface area contributed by atoms with Crippen molar-refractivity contribution in [1.29, 1.82) is 0 Å². The first-order chi connectivity index (χ1) is 15.6. The first-order valence-corrected chi connectivity index (χ1v) is 11.4. The molecule has 0 saturated carbocycles. The van der Waals surface area contributed by atoms with E-state index in [-0.39, 0.29) is 27.7 Å². The van der Waals surface area contributed by atoms with Crippen molar-refractivity contribution in [2.75, 3.05) is 0 Å². The third-order valence-electron chi connectivity index (χ3n) is 5.09. The Hall–Kier alpha value is -3.50. The van der Waals surface area contributed by atoms with E-state index in [1.807, 2.05) is 0 Å². The maximum atomic E-state index is 13.8. The monoisotopic (exact) mass is 473 g/mol. The minimum atomic E-state index is -4.59. The van der Waals surface area contributed by atoms with Crippen molar-refractivity contribution in [2.45, 2.75) is 24.4 Å². The molecule has 33 heavy (non-hydrogen) atoms. The number of aryl methyl sites for hydroxylation is 1. The van der Waals surface area contributed by atoms with Crippen LogP contribution in [-0.2, 0) is 22.6 Å². The van der Waals surface area contributed by atoms with Crippen LogP contribution in [-0.4, -0.2) is 18.6 Å². The Kier molecular flexibility index (Phi) is 5.81. The molecule has 4 aromatic rings. The molecule has 0 aliphatic carbocycles. The normalized spacial score (nSPS) is 12.2. The lowest BCUT2D eigenvalue weighted by molar-refractivity contribution is -0.137.